The first kappa shape index (κ1) is 13.3. The molecule has 1 amide bonds. The van der Waals surface area contributed by atoms with Gasteiger partial charge in [0.05, 0.1) is 23.4 Å². The molecule has 0 radical (unpaired) electrons. The number of hydrogen-bond acceptors (Lipinski definition) is 6. The van der Waals surface area contributed by atoms with Crippen molar-refractivity contribution >= 4 is 50.1 Å². The Balaban J connectivity index is 2.05. The lowest BCUT2D eigenvalue weighted by atomic mass is 10.3. The zero-order valence-corrected chi connectivity index (χ0v) is 11.9. The van der Waals surface area contributed by atoms with Gasteiger partial charge in [0.25, 0.3) is 0 Å². The number of rotatable bonds is 2. The highest BCUT2D eigenvalue weighted by molar-refractivity contribution is 7.23. The van der Waals surface area contributed by atoms with Crippen LogP contribution in [0.3, 0.4) is 0 Å². The Labute approximate surface area is 123 Å². The molecule has 1 aliphatic heterocycles. The van der Waals surface area contributed by atoms with Crippen molar-refractivity contribution in [2.45, 2.75) is 0 Å². The molecular formula is C11H11ClN4O3S. The van der Waals surface area contributed by atoms with Gasteiger partial charge in [-0.05, 0) is 17.7 Å². The van der Waals surface area contributed by atoms with E-state index < -0.39 is 6.09 Å². The number of nitrogens with one attached hydrogen (secondary N) is 1. The Hall–Kier alpha value is -1.64. The smallest absolute Gasteiger partial charge is 0.409 e. The van der Waals surface area contributed by atoms with Crippen LogP contribution in [0.25, 0.3) is 10.2 Å². The van der Waals surface area contributed by atoms with Crippen molar-refractivity contribution in [3.8, 4) is 0 Å². The molecule has 2 aromatic heterocycles. The number of anilines is 2. The van der Waals surface area contributed by atoms with Crippen molar-refractivity contribution in [3.05, 3.63) is 11.3 Å². The Morgan fingerprint density at radius 2 is 2.20 bits per heavy atom. The predicted octanol–water partition coefficient (Wildman–Crippen LogP) is 2.27. The first-order valence-corrected chi connectivity index (χ1v) is 7.12. The highest BCUT2D eigenvalue weighted by Crippen LogP contribution is 2.35. The Morgan fingerprint density at radius 3 is 2.90 bits per heavy atom. The van der Waals surface area contributed by atoms with Crippen LogP contribution in [-0.2, 0) is 4.74 Å². The standard InChI is InChI=1S/C11H11ClN4O3S/c12-10-13-6-5-7(14-11(17)18)20-8(6)9(15-10)16-1-3-19-4-2-16/h5,14H,1-4H2,(H,17,18). The predicted molar refractivity (Wildman–Crippen MR) is 77.1 cm³/mol. The van der Waals surface area contributed by atoms with Crippen molar-refractivity contribution in [2.75, 3.05) is 36.5 Å². The molecule has 0 spiro atoms. The van der Waals surface area contributed by atoms with Crippen LogP contribution in [0.5, 0.6) is 0 Å². The van der Waals surface area contributed by atoms with Gasteiger partial charge in [-0.3, -0.25) is 5.32 Å². The van der Waals surface area contributed by atoms with Crippen LogP contribution < -0.4 is 10.2 Å². The van der Waals surface area contributed by atoms with Crippen molar-refractivity contribution < 1.29 is 14.6 Å². The van der Waals surface area contributed by atoms with E-state index in [2.05, 4.69) is 20.2 Å². The van der Waals surface area contributed by atoms with E-state index in [0.29, 0.717) is 23.7 Å². The number of hydrogen-bond donors (Lipinski definition) is 2. The van der Waals surface area contributed by atoms with E-state index in [4.69, 9.17) is 21.4 Å². The average molecular weight is 315 g/mol. The van der Waals surface area contributed by atoms with Crippen LogP contribution in [0.15, 0.2) is 6.07 Å². The molecule has 2 aromatic rings. The molecule has 3 rings (SSSR count). The van der Waals surface area contributed by atoms with Crippen LogP contribution in [0, 0.1) is 0 Å². The minimum absolute atomic E-state index is 0.152. The number of nitrogens with zero attached hydrogens (tertiary/aromatic N) is 3. The number of morpholine rings is 1. The fraction of sp³-hybridized carbons (Fsp3) is 0.364. The maximum absolute atomic E-state index is 10.7. The molecule has 9 heteroatoms. The largest absolute Gasteiger partial charge is 0.465 e. The van der Waals surface area contributed by atoms with E-state index in [-0.39, 0.29) is 5.28 Å². The van der Waals surface area contributed by atoms with Crippen LogP contribution in [0.1, 0.15) is 0 Å². The zero-order chi connectivity index (χ0) is 14.1. The van der Waals surface area contributed by atoms with Gasteiger partial charge in [0.2, 0.25) is 5.28 Å². The topological polar surface area (TPSA) is 87.6 Å². The molecule has 2 N–H and O–H groups in total. The fourth-order valence-corrected chi connectivity index (χ4v) is 3.22. The molecule has 3 heterocycles. The van der Waals surface area contributed by atoms with E-state index in [1.807, 2.05) is 0 Å². The van der Waals surface area contributed by atoms with E-state index in [1.54, 1.807) is 6.07 Å². The maximum atomic E-state index is 10.7. The fourth-order valence-electron chi connectivity index (χ4n) is 2.04. The van der Waals surface area contributed by atoms with Gasteiger partial charge < -0.3 is 14.7 Å². The van der Waals surface area contributed by atoms with Crippen LogP contribution >= 0.6 is 22.9 Å². The summed E-state index contributed by atoms with van der Waals surface area (Å²) in [6, 6.07) is 1.66. The SMILES string of the molecule is O=C(O)Nc1cc2nc(Cl)nc(N3CCOCC3)c2s1. The third kappa shape index (κ3) is 2.62. The Bertz CT molecular complexity index is 656. The zero-order valence-electron chi connectivity index (χ0n) is 10.3. The molecule has 1 aliphatic rings. The highest BCUT2D eigenvalue weighted by Gasteiger charge is 2.19. The number of thiophene rings is 1. The van der Waals surface area contributed by atoms with Crippen LogP contribution in [0.2, 0.25) is 5.28 Å². The normalized spacial score (nSPS) is 15.6. The number of fused-ring (bicyclic) bond motifs is 1. The third-order valence-electron chi connectivity index (χ3n) is 2.87. The van der Waals surface area contributed by atoms with Gasteiger partial charge in [-0.1, -0.05) is 0 Å². The number of halogens is 1. The average Bonchev–Trinajstić information content (AvgIpc) is 2.79. The van der Waals surface area contributed by atoms with Crippen LogP contribution in [-0.4, -0.2) is 47.5 Å². The number of carbonyl (C=O) groups is 1. The van der Waals surface area contributed by atoms with Gasteiger partial charge in [-0.2, -0.15) is 4.98 Å². The molecular weight excluding hydrogens is 304 g/mol. The maximum Gasteiger partial charge on any atom is 0.409 e. The molecule has 0 saturated carbocycles. The quantitative estimate of drug-likeness (QED) is 0.827. The first-order chi connectivity index (χ1) is 9.63. The second-order valence-corrected chi connectivity index (χ2v) is 5.56. The summed E-state index contributed by atoms with van der Waals surface area (Å²) in [5, 5.41) is 11.7. The summed E-state index contributed by atoms with van der Waals surface area (Å²) in [5.74, 6) is 0.728. The second-order valence-electron chi connectivity index (χ2n) is 4.17. The number of amides is 1. The second kappa shape index (κ2) is 5.39. The monoisotopic (exact) mass is 314 g/mol. The molecule has 0 unspecified atom stereocenters. The summed E-state index contributed by atoms with van der Waals surface area (Å²) >= 11 is 7.24. The van der Waals surface area contributed by atoms with Gasteiger partial charge in [0.15, 0.2) is 5.82 Å². The minimum Gasteiger partial charge on any atom is -0.465 e. The van der Waals surface area contributed by atoms with Gasteiger partial charge in [-0.25, -0.2) is 9.78 Å². The van der Waals surface area contributed by atoms with Gasteiger partial charge in [0, 0.05) is 13.1 Å². The minimum atomic E-state index is -1.11. The molecule has 0 aliphatic carbocycles. The third-order valence-corrected chi connectivity index (χ3v) is 4.07. The molecule has 0 aromatic carbocycles. The number of aromatic nitrogens is 2. The first-order valence-electron chi connectivity index (χ1n) is 5.93. The molecule has 1 fully saturated rings. The summed E-state index contributed by atoms with van der Waals surface area (Å²) in [5.41, 5.74) is 0.639. The highest BCUT2D eigenvalue weighted by atomic mass is 35.5. The van der Waals surface area contributed by atoms with Crippen LogP contribution in [0.4, 0.5) is 15.6 Å². The summed E-state index contributed by atoms with van der Waals surface area (Å²) in [6.45, 7) is 2.72. The lowest BCUT2D eigenvalue weighted by Crippen LogP contribution is -2.36. The summed E-state index contributed by atoms with van der Waals surface area (Å²) in [4.78, 5) is 21.2. The van der Waals surface area contributed by atoms with Gasteiger partial charge in [0.1, 0.15) is 5.00 Å². The molecule has 0 atom stereocenters. The van der Waals surface area contributed by atoms with Gasteiger partial charge >= 0.3 is 6.09 Å². The van der Waals surface area contributed by atoms with Crippen molar-refractivity contribution in [2.24, 2.45) is 0 Å². The Morgan fingerprint density at radius 1 is 1.45 bits per heavy atom. The molecule has 20 heavy (non-hydrogen) atoms. The van der Waals surface area contributed by atoms with Gasteiger partial charge in [-0.15, -0.1) is 11.3 Å². The van der Waals surface area contributed by atoms with E-state index in [1.165, 1.54) is 11.3 Å². The van der Waals surface area contributed by atoms with E-state index >= 15 is 0 Å². The van der Waals surface area contributed by atoms with E-state index in [9.17, 15) is 4.79 Å². The molecule has 106 valence electrons. The molecule has 7 nitrogen and oxygen atoms in total. The summed E-state index contributed by atoms with van der Waals surface area (Å²) < 4.78 is 6.14. The molecule has 1 saturated heterocycles. The van der Waals surface area contributed by atoms with Crippen molar-refractivity contribution in [1.29, 1.82) is 0 Å². The number of ether oxygens (including phenoxy) is 1. The van der Waals surface area contributed by atoms with E-state index in [0.717, 1.165) is 23.6 Å². The molecule has 0 bridgehead atoms. The lowest BCUT2D eigenvalue weighted by Gasteiger charge is -2.28. The number of carboxylic acid groups (broad SMARTS) is 1. The summed E-state index contributed by atoms with van der Waals surface area (Å²) in [6.07, 6.45) is -1.11. The van der Waals surface area contributed by atoms with Crippen molar-refractivity contribution in [1.82, 2.24) is 9.97 Å². The Kier molecular flexibility index (Phi) is 3.60. The summed E-state index contributed by atoms with van der Waals surface area (Å²) in [7, 11) is 0. The van der Waals surface area contributed by atoms with Crippen molar-refractivity contribution in [3.63, 3.8) is 0 Å². The lowest BCUT2D eigenvalue weighted by molar-refractivity contribution is 0.122.